The second-order valence-electron chi connectivity index (χ2n) is 16.3. The van der Waals surface area contributed by atoms with E-state index in [0.717, 1.165) is 65.8 Å². The molecule has 428 valence electrons. The Morgan fingerprint density at radius 1 is 0.434 bits per heavy atom. The fourth-order valence-electron chi connectivity index (χ4n) is 6.79. The maximum absolute atomic E-state index is 13.8. The van der Waals surface area contributed by atoms with Gasteiger partial charge in [0.15, 0.2) is 30.8 Å². The number of ketones is 5. The van der Waals surface area contributed by atoms with Crippen LogP contribution in [0.15, 0.2) is 246 Å². The van der Waals surface area contributed by atoms with E-state index >= 15 is 0 Å². The van der Waals surface area contributed by atoms with Crippen molar-refractivity contribution < 1.29 is 127 Å². The molecule has 9 aromatic rings. The molecule has 3 aromatic heterocycles. The minimum Gasteiger partial charge on any atom is -0.869 e. The van der Waals surface area contributed by atoms with Crippen LogP contribution in [0.1, 0.15) is 29.0 Å². The second-order valence-corrected chi connectivity index (χ2v) is 24.7. The van der Waals surface area contributed by atoms with E-state index in [9.17, 15) is 77.7 Å². The summed E-state index contributed by atoms with van der Waals surface area (Å²) in [7, 11) is -5.55. The Bertz CT molecular complexity index is 3160. The molecular formula is C60H42EuF9O8P2S3. The number of Topliss-reactive ketones (excluding diaryl/α,β-unsaturated/α-hetero) is 4. The minimum atomic E-state index is -4.98. The van der Waals surface area contributed by atoms with Crippen molar-refractivity contribution in [1.29, 1.82) is 0 Å². The number of hydrogen-bond donors (Lipinski definition) is 0. The van der Waals surface area contributed by atoms with Gasteiger partial charge in [-0.3, -0.25) is 17.6 Å². The molecule has 23 heteroatoms. The molecule has 0 radical (unpaired) electrons. The molecule has 6 aromatic carbocycles. The summed E-state index contributed by atoms with van der Waals surface area (Å²) in [4.78, 5) is 54.1. The number of allylic oxidation sites excluding steroid dienone is 2. The van der Waals surface area contributed by atoms with E-state index in [1.165, 1.54) is 36.4 Å². The molecule has 0 atom stereocenters. The number of halogens is 9. The van der Waals surface area contributed by atoms with Crippen molar-refractivity contribution in [3.8, 4) is 0 Å². The summed E-state index contributed by atoms with van der Waals surface area (Å²) in [5.41, 5.74) is 0. The third-order valence-electron chi connectivity index (χ3n) is 10.6. The van der Waals surface area contributed by atoms with Gasteiger partial charge in [-0.15, -0.1) is 11.3 Å². The third kappa shape index (κ3) is 20.6. The van der Waals surface area contributed by atoms with E-state index in [4.69, 9.17) is 0 Å². The molecule has 0 aliphatic carbocycles. The van der Waals surface area contributed by atoms with Crippen LogP contribution >= 0.6 is 48.3 Å². The predicted octanol–water partition coefficient (Wildman–Crippen LogP) is 12.9. The Morgan fingerprint density at radius 3 is 0.916 bits per heavy atom. The zero-order chi connectivity index (χ0) is 60.0. The molecule has 0 saturated heterocycles. The Morgan fingerprint density at radius 2 is 0.711 bits per heavy atom. The molecule has 0 amide bonds. The Hall–Kier alpha value is -6.54. The summed E-state index contributed by atoms with van der Waals surface area (Å²) >= 11 is 2.95. The summed E-state index contributed by atoms with van der Waals surface area (Å²) in [5, 5.41) is 20.2. The Balaban J connectivity index is 0.000000225. The number of carbonyl (C=O) groups excluding carboxylic acids is 5. The third-order valence-corrected chi connectivity index (χ3v) is 19.4. The molecule has 9 rings (SSSR count). The first-order valence-electron chi connectivity index (χ1n) is 23.5. The first-order chi connectivity index (χ1) is 38.9. The second kappa shape index (κ2) is 32.5. The van der Waals surface area contributed by atoms with Gasteiger partial charge in [-0.2, -0.15) is 51.6 Å². The van der Waals surface area contributed by atoms with Crippen LogP contribution in [0.25, 0.3) is 0 Å². The topological polar surface area (TPSA) is 143 Å². The molecular weight excluding hydrogens is 1330 g/mol. The van der Waals surface area contributed by atoms with Gasteiger partial charge in [0, 0.05) is 54.5 Å². The molecule has 8 nitrogen and oxygen atoms in total. The van der Waals surface area contributed by atoms with Crippen molar-refractivity contribution in [2.24, 2.45) is 0 Å². The first kappa shape index (κ1) is 69.0. The first-order valence-corrected chi connectivity index (χ1v) is 29.6. The van der Waals surface area contributed by atoms with E-state index in [1.54, 1.807) is 16.1 Å². The molecule has 0 unspecified atom stereocenters. The van der Waals surface area contributed by atoms with E-state index < -0.39 is 67.5 Å². The zero-order valence-corrected chi connectivity index (χ0v) is 49.1. The summed E-state index contributed by atoms with van der Waals surface area (Å²) in [5.74, 6) is -9.13. The average Bonchev–Trinajstić information content (AvgIpc) is 4.47. The summed E-state index contributed by atoms with van der Waals surface area (Å²) in [6.45, 7) is 0. The number of hydrogen-bond acceptors (Lipinski definition) is 9. The number of thiophene rings is 3. The number of alkyl halides is 9. The Labute approximate surface area is 523 Å². The molecule has 0 saturated carbocycles. The smallest absolute Gasteiger partial charge is 0.869 e. The SMILES string of the molecule is O=C(/C=C(\[O-])C(F)(F)F)c1cccs1.O=C([CH-]C(=O)C(F)(F)F)[c-]1ccc[s+]1.O=C([CH-]C(=O)C(F)(F)F)[c-]1ccc[s+]1.O=P(c1ccccc1)(c1ccccc1)c1ccccc1.O=P(c1ccccc1)(c1ccccc1)c1ccccc1.[Eu+3]. The van der Waals surface area contributed by atoms with Gasteiger partial charge in [0.05, 0.1) is 4.88 Å². The van der Waals surface area contributed by atoms with Crippen LogP contribution in [0, 0.1) is 62.2 Å². The summed E-state index contributed by atoms with van der Waals surface area (Å²) < 4.78 is 133. The van der Waals surface area contributed by atoms with Crippen molar-refractivity contribution in [3.05, 3.63) is 274 Å². The van der Waals surface area contributed by atoms with Gasteiger partial charge < -0.3 is 33.4 Å². The average molecular weight is 1370 g/mol. The van der Waals surface area contributed by atoms with Gasteiger partial charge >= 0.3 is 67.9 Å². The minimum absolute atomic E-state index is 0. The van der Waals surface area contributed by atoms with Crippen molar-refractivity contribution in [2.75, 3.05) is 0 Å². The number of benzene rings is 6. The van der Waals surface area contributed by atoms with Crippen LogP contribution in [0.4, 0.5) is 39.5 Å². The molecule has 0 aliphatic heterocycles. The fourth-order valence-corrected chi connectivity index (χ4v) is 14.0. The molecule has 3 heterocycles. The fraction of sp³-hybridized carbons (Fsp3) is 0.0500. The van der Waals surface area contributed by atoms with Gasteiger partial charge in [-0.05, 0) is 45.2 Å². The number of carbonyl (C=O) groups is 5. The standard InChI is InChI=1S/2C18H15OP.C8H5F3O2S.2C8H4F3O2S.Eu/c2*19-20(16-10-4-1-5-11-16,17-12-6-2-7-13-17)18-14-8-3-9-15-18;3*9-8(10,11)7(13)4-5(12)6-2-1-3-14-6;/h2*1-15H;1-4,13H;2*1-4H;/q;;;2*-1;+3/p-1/b;;7-4-;;;. The monoisotopic (exact) mass is 1370 g/mol. The summed E-state index contributed by atoms with van der Waals surface area (Å²) in [6.07, 6.45) is -14.8. The van der Waals surface area contributed by atoms with Gasteiger partial charge in [-0.25, -0.2) is 0 Å². The van der Waals surface area contributed by atoms with Crippen LogP contribution in [-0.4, -0.2) is 47.4 Å². The van der Waals surface area contributed by atoms with Gasteiger partial charge in [0.25, 0.3) is 0 Å². The van der Waals surface area contributed by atoms with Crippen LogP contribution in [-0.2, 0) is 18.7 Å². The van der Waals surface area contributed by atoms with Crippen LogP contribution in [0.2, 0.25) is 0 Å². The molecule has 83 heavy (non-hydrogen) atoms. The molecule has 0 N–H and O–H groups in total. The van der Waals surface area contributed by atoms with Gasteiger partial charge in [0.1, 0.15) is 11.6 Å². The van der Waals surface area contributed by atoms with Crippen LogP contribution < -0.4 is 36.9 Å². The maximum Gasteiger partial charge on any atom is 3.00 e. The molecule has 0 aliphatic rings. The van der Waals surface area contributed by atoms with Crippen LogP contribution in [0.5, 0.6) is 0 Å². The van der Waals surface area contributed by atoms with Gasteiger partial charge in [0.2, 0.25) is 0 Å². The van der Waals surface area contributed by atoms with Gasteiger partial charge in [-0.1, -0.05) is 200 Å². The molecule has 0 bridgehead atoms. The normalized spacial score (nSPS) is 11.3. The van der Waals surface area contributed by atoms with Crippen LogP contribution in [0.3, 0.4) is 0 Å². The van der Waals surface area contributed by atoms with E-state index in [-0.39, 0.29) is 82.9 Å². The largest absolute Gasteiger partial charge is 3.00 e. The Kier molecular flexibility index (Phi) is 27.0. The zero-order valence-electron chi connectivity index (χ0n) is 42.4. The predicted molar refractivity (Wildman–Crippen MR) is 302 cm³/mol. The van der Waals surface area contributed by atoms with Crippen molar-refractivity contribution in [2.45, 2.75) is 18.5 Å². The summed E-state index contributed by atoms with van der Waals surface area (Å²) in [6, 6.07) is 66.9. The molecule has 0 fully saturated rings. The molecule has 0 spiro atoms. The number of rotatable bonds is 14. The van der Waals surface area contributed by atoms with Crippen molar-refractivity contribution in [1.82, 2.24) is 0 Å². The van der Waals surface area contributed by atoms with E-state index in [0.29, 0.717) is 0 Å². The van der Waals surface area contributed by atoms with E-state index in [1.807, 2.05) is 182 Å². The van der Waals surface area contributed by atoms with Crippen molar-refractivity contribution in [3.63, 3.8) is 0 Å². The van der Waals surface area contributed by atoms with Crippen molar-refractivity contribution >= 4 is 109 Å². The quantitative estimate of drug-likeness (QED) is 0.0153. The van der Waals surface area contributed by atoms with E-state index in [2.05, 4.69) is 0 Å². The maximum atomic E-state index is 13.8.